The summed E-state index contributed by atoms with van der Waals surface area (Å²) in [5, 5.41) is 15.7. The van der Waals surface area contributed by atoms with Gasteiger partial charge in [-0.05, 0) is 19.1 Å². The third-order valence-electron chi connectivity index (χ3n) is 3.48. The predicted octanol–water partition coefficient (Wildman–Crippen LogP) is 2.64. The Morgan fingerprint density at radius 1 is 1.23 bits per heavy atom. The fourth-order valence-corrected chi connectivity index (χ4v) is 2.62. The van der Waals surface area contributed by atoms with E-state index in [9.17, 15) is 0 Å². The largest absolute Gasteiger partial charge is 0.497 e. The summed E-state index contributed by atoms with van der Waals surface area (Å²) >= 11 is 5.92. The van der Waals surface area contributed by atoms with Crippen LogP contribution in [0.1, 0.15) is 5.82 Å². The highest BCUT2D eigenvalue weighted by atomic mass is 35.5. The van der Waals surface area contributed by atoms with E-state index < -0.39 is 0 Å². The molecule has 22 heavy (non-hydrogen) atoms. The molecule has 4 rings (SSSR count). The van der Waals surface area contributed by atoms with Crippen LogP contribution >= 0.6 is 11.6 Å². The molecular weight excluding hydrogens is 304 g/mol. The summed E-state index contributed by atoms with van der Waals surface area (Å²) in [5.41, 5.74) is 3.54. The highest BCUT2D eigenvalue weighted by Crippen LogP contribution is 2.28. The molecule has 0 unspecified atom stereocenters. The molecule has 0 atom stereocenters. The number of methoxy groups -OCH3 is 1. The van der Waals surface area contributed by atoms with Crippen LogP contribution in [0.5, 0.6) is 5.75 Å². The first-order chi connectivity index (χ1) is 10.7. The molecule has 0 aliphatic heterocycles. The lowest BCUT2D eigenvalue weighted by Gasteiger charge is -2.07. The second-order valence-electron chi connectivity index (χ2n) is 4.82. The molecule has 0 aliphatic rings. The fraction of sp³-hybridized carbons (Fsp3) is 0.143. The Balaban J connectivity index is 2.14. The van der Waals surface area contributed by atoms with Crippen LogP contribution in [0.3, 0.4) is 0 Å². The van der Waals surface area contributed by atoms with E-state index >= 15 is 0 Å². The monoisotopic (exact) mass is 314 g/mol. The number of aryl methyl sites for hydroxylation is 1. The second-order valence-corrected chi connectivity index (χ2v) is 5.23. The van der Waals surface area contributed by atoms with Crippen LogP contribution < -0.4 is 4.74 Å². The molecule has 8 heteroatoms. The van der Waals surface area contributed by atoms with Crippen molar-refractivity contribution < 1.29 is 4.74 Å². The molecule has 1 aromatic carbocycles. The van der Waals surface area contributed by atoms with Gasteiger partial charge in [0.15, 0.2) is 5.65 Å². The summed E-state index contributed by atoms with van der Waals surface area (Å²) in [6.45, 7) is 1.89. The van der Waals surface area contributed by atoms with Crippen molar-refractivity contribution in [1.29, 1.82) is 0 Å². The van der Waals surface area contributed by atoms with Gasteiger partial charge in [0.05, 0.1) is 18.1 Å². The van der Waals surface area contributed by atoms with Crippen molar-refractivity contribution >= 4 is 28.3 Å². The average molecular weight is 315 g/mol. The van der Waals surface area contributed by atoms with E-state index in [1.165, 1.54) is 0 Å². The van der Waals surface area contributed by atoms with Crippen molar-refractivity contribution in [2.75, 3.05) is 7.11 Å². The average Bonchev–Trinajstić information content (AvgIpc) is 3.12. The zero-order chi connectivity index (χ0) is 15.3. The Labute approximate surface area is 129 Å². The number of H-pyrrole nitrogens is 1. The quantitative estimate of drug-likeness (QED) is 0.615. The third kappa shape index (κ3) is 1.82. The van der Waals surface area contributed by atoms with E-state index in [0.29, 0.717) is 22.2 Å². The summed E-state index contributed by atoms with van der Waals surface area (Å²) in [5.74, 6) is 1.51. The van der Waals surface area contributed by atoms with E-state index in [0.717, 1.165) is 22.6 Å². The minimum Gasteiger partial charge on any atom is -0.497 e. The third-order valence-corrected chi connectivity index (χ3v) is 3.68. The first-order valence-corrected chi connectivity index (χ1v) is 6.96. The molecular formula is C14H11ClN6O. The Morgan fingerprint density at radius 3 is 2.82 bits per heavy atom. The molecule has 0 spiro atoms. The van der Waals surface area contributed by atoms with Crippen LogP contribution in [0.2, 0.25) is 5.15 Å². The van der Waals surface area contributed by atoms with Gasteiger partial charge in [-0.25, -0.2) is 4.98 Å². The molecule has 1 N–H and O–H groups in total. The lowest BCUT2D eigenvalue weighted by Crippen LogP contribution is -1.98. The zero-order valence-corrected chi connectivity index (χ0v) is 12.6. The molecule has 3 aromatic heterocycles. The number of benzene rings is 1. The van der Waals surface area contributed by atoms with Gasteiger partial charge >= 0.3 is 0 Å². The molecule has 0 amide bonds. The number of nitrogens with zero attached hydrogens (tertiary/aromatic N) is 5. The number of fused-ring (bicyclic) bond motifs is 3. The number of aromatic amines is 1. The SMILES string of the molecule is COc1ccc2c(c1)nc(-c1cc(Cl)[nH]n1)c1nnc(C)n12. The highest BCUT2D eigenvalue weighted by molar-refractivity contribution is 6.29. The van der Waals surface area contributed by atoms with Crippen LogP contribution in [0.4, 0.5) is 0 Å². The maximum Gasteiger partial charge on any atom is 0.189 e. The maximum atomic E-state index is 5.92. The van der Waals surface area contributed by atoms with E-state index in [1.54, 1.807) is 13.2 Å². The highest BCUT2D eigenvalue weighted by Gasteiger charge is 2.17. The Morgan fingerprint density at radius 2 is 2.09 bits per heavy atom. The normalized spacial score (nSPS) is 11.4. The van der Waals surface area contributed by atoms with Crippen LogP contribution in [-0.4, -0.2) is 36.9 Å². The van der Waals surface area contributed by atoms with E-state index in [4.69, 9.17) is 16.3 Å². The van der Waals surface area contributed by atoms with E-state index in [-0.39, 0.29) is 0 Å². The van der Waals surface area contributed by atoms with Crippen molar-refractivity contribution in [2.24, 2.45) is 0 Å². The zero-order valence-electron chi connectivity index (χ0n) is 11.8. The van der Waals surface area contributed by atoms with Gasteiger partial charge in [0.2, 0.25) is 0 Å². The van der Waals surface area contributed by atoms with Gasteiger partial charge in [0, 0.05) is 12.1 Å². The van der Waals surface area contributed by atoms with Crippen LogP contribution in [0.15, 0.2) is 24.3 Å². The molecule has 0 aliphatic carbocycles. The van der Waals surface area contributed by atoms with Crippen molar-refractivity contribution in [3.05, 3.63) is 35.2 Å². The summed E-state index contributed by atoms with van der Waals surface area (Å²) in [6.07, 6.45) is 0. The molecule has 4 aromatic rings. The number of aromatic nitrogens is 6. The summed E-state index contributed by atoms with van der Waals surface area (Å²) in [4.78, 5) is 4.66. The summed E-state index contributed by atoms with van der Waals surface area (Å²) in [7, 11) is 1.62. The molecule has 7 nitrogen and oxygen atoms in total. The summed E-state index contributed by atoms with van der Waals surface area (Å²) < 4.78 is 7.22. The smallest absolute Gasteiger partial charge is 0.189 e. The lowest BCUT2D eigenvalue weighted by atomic mass is 10.2. The minimum atomic E-state index is 0.442. The standard InChI is InChI=1S/C14H11ClN6O/c1-7-17-20-14-13(10-6-12(15)19-18-10)16-9-5-8(22-2)3-4-11(9)21(7)14/h3-6H,1-2H3,(H,18,19). The number of hydrogen-bond donors (Lipinski definition) is 1. The Bertz CT molecular complexity index is 1010. The van der Waals surface area contributed by atoms with Gasteiger partial charge in [-0.3, -0.25) is 9.50 Å². The number of nitrogens with one attached hydrogen (secondary N) is 1. The lowest BCUT2D eigenvalue weighted by molar-refractivity contribution is 0.415. The van der Waals surface area contributed by atoms with Gasteiger partial charge < -0.3 is 4.74 Å². The number of hydrogen-bond acceptors (Lipinski definition) is 5. The van der Waals surface area contributed by atoms with Crippen molar-refractivity contribution in [3.8, 4) is 17.1 Å². The maximum absolute atomic E-state index is 5.92. The first-order valence-electron chi connectivity index (χ1n) is 6.58. The summed E-state index contributed by atoms with van der Waals surface area (Å²) in [6, 6.07) is 7.39. The Hall–Kier alpha value is -2.67. The van der Waals surface area contributed by atoms with Crippen molar-refractivity contribution in [2.45, 2.75) is 6.92 Å². The topological polar surface area (TPSA) is 81.0 Å². The van der Waals surface area contributed by atoms with Gasteiger partial charge in [0.1, 0.15) is 28.1 Å². The first kappa shape index (κ1) is 13.0. The molecule has 0 bridgehead atoms. The fourth-order valence-electron chi connectivity index (χ4n) is 2.47. The second kappa shape index (κ2) is 4.67. The predicted molar refractivity (Wildman–Crippen MR) is 82.2 cm³/mol. The number of rotatable bonds is 2. The van der Waals surface area contributed by atoms with Gasteiger partial charge in [0.25, 0.3) is 0 Å². The van der Waals surface area contributed by atoms with Crippen molar-refractivity contribution in [1.82, 2.24) is 29.8 Å². The van der Waals surface area contributed by atoms with E-state index in [2.05, 4.69) is 25.4 Å². The number of halogens is 1. The van der Waals surface area contributed by atoms with Crippen LogP contribution in [0.25, 0.3) is 28.1 Å². The van der Waals surface area contributed by atoms with Gasteiger partial charge in [-0.1, -0.05) is 11.6 Å². The van der Waals surface area contributed by atoms with Crippen LogP contribution in [-0.2, 0) is 0 Å². The molecule has 0 radical (unpaired) electrons. The van der Waals surface area contributed by atoms with E-state index in [1.807, 2.05) is 29.5 Å². The molecule has 110 valence electrons. The number of ether oxygens (including phenoxy) is 1. The molecule has 0 saturated carbocycles. The van der Waals surface area contributed by atoms with Crippen molar-refractivity contribution in [3.63, 3.8) is 0 Å². The van der Waals surface area contributed by atoms with Crippen LogP contribution in [0, 0.1) is 6.92 Å². The molecule has 0 fully saturated rings. The molecule has 3 heterocycles. The van der Waals surface area contributed by atoms with Gasteiger partial charge in [-0.2, -0.15) is 5.10 Å². The molecule has 0 saturated heterocycles. The minimum absolute atomic E-state index is 0.442. The Kier molecular flexibility index (Phi) is 2.77. The van der Waals surface area contributed by atoms with Gasteiger partial charge in [-0.15, -0.1) is 10.2 Å².